The molecular weight excluding hydrogens is 406 g/mol. The third kappa shape index (κ3) is 4.91. The van der Waals surface area contributed by atoms with Gasteiger partial charge in [0.15, 0.2) is 0 Å². The topological polar surface area (TPSA) is 45.2 Å². The Kier molecular flexibility index (Phi) is 6.89. The van der Waals surface area contributed by atoms with Crippen molar-refractivity contribution in [3.63, 3.8) is 0 Å². The van der Waals surface area contributed by atoms with E-state index in [0.29, 0.717) is 24.4 Å². The normalized spacial score (nSPS) is 22.9. The van der Waals surface area contributed by atoms with Gasteiger partial charge in [-0.1, -0.05) is 48.5 Å². The van der Waals surface area contributed by atoms with Gasteiger partial charge in [-0.2, -0.15) is 0 Å². The van der Waals surface area contributed by atoms with Gasteiger partial charge < -0.3 is 10.2 Å². The van der Waals surface area contributed by atoms with Crippen molar-refractivity contribution in [1.82, 2.24) is 15.2 Å². The highest BCUT2D eigenvalue weighted by atomic mass is 35.5. The number of nitrogens with one attached hydrogen (secondary N) is 1. The summed E-state index contributed by atoms with van der Waals surface area (Å²) in [6, 6.07) is 21.4. The van der Waals surface area contributed by atoms with Gasteiger partial charge in [-0.25, -0.2) is 0 Å². The molecule has 3 aromatic rings. The summed E-state index contributed by atoms with van der Waals surface area (Å²) < 4.78 is 0. The zero-order valence-corrected chi connectivity index (χ0v) is 18.6. The summed E-state index contributed by atoms with van der Waals surface area (Å²) in [6.45, 7) is 2.64. The molecule has 3 atom stereocenters. The molecular formula is C26H30ClN3O. The van der Waals surface area contributed by atoms with Crippen LogP contribution < -0.4 is 5.32 Å². The predicted molar refractivity (Wildman–Crippen MR) is 127 cm³/mol. The van der Waals surface area contributed by atoms with Crippen LogP contribution in [-0.2, 0) is 11.3 Å². The van der Waals surface area contributed by atoms with E-state index in [1.165, 1.54) is 16.3 Å². The Labute approximate surface area is 190 Å². The standard InChI is InChI=1S/C26H29N3O.ClH/c30-26(25-17-24(25)21-11-10-19-6-1-2-7-20(19)16-21)29(18-22-8-3-4-14-28-22)23-9-5-13-27-15-12-23;/h1-4,6-8,10-11,14,16,23-25,27H,5,9,12-13,15,17-18H2;1H. The third-order valence-corrected chi connectivity index (χ3v) is 6.64. The molecule has 2 aliphatic rings. The van der Waals surface area contributed by atoms with Crippen LogP contribution in [-0.4, -0.2) is 34.9 Å². The molecule has 1 aromatic heterocycles. The van der Waals surface area contributed by atoms with E-state index in [4.69, 9.17) is 0 Å². The number of nitrogens with zero attached hydrogens (tertiary/aromatic N) is 2. The van der Waals surface area contributed by atoms with Crippen molar-refractivity contribution in [2.45, 2.75) is 44.2 Å². The van der Waals surface area contributed by atoms with E-state index in [9.17, 15) is 4.79 Å². The number of hydrogen-bond donors (Lipinski definition) is 1. The smallest absolute Gasteiger partial charge is 0.226 e. The maximum Gasteiger partial charge on any atom is 0.226 e. The van der Waals surface area contributed by atoms with E-state index in [1.54, 1.807) is 0 Å². The molecule has 1 saturated carbocycles. The maximum absolute atomic E-state index is 13.6. The van der Waals surface area contributed by atoms with Crippen molar-refractivity contribution in [3.8, 4) is 0 Å². The molecule has 1 aliphatic heterocycles. The monoisotopic (exact) mass is 435 g/mol. The lowest BCUT2D eigenvalue weighted by Crippen LogP contribution is -2.41. The Morgan fingerprint density at radius 2 is 1.84 bits per heavy atom. The maximum atomic E-state index is 13.6. The van der Waals surface area contributed by atoms with Crippen LogP contribution in [0.3, 0.4) is 0 Å². The number of pyridine rings is 1. The fraction of sp³-hybridized carbons (Fsp3) is 0.385. The minimum Gasteiger partial charge on any atom is -0.334 e. The third-order valence-electron chi connectivity index (χ3n) is 6.64. The van der Waals surface area contributed by atoms with Crippen LogP contribution in [0.25, 0.3) is 10.8 Å². The number of hydrogen-bond acceptors (Lipinski definition) is 3. The molecule has 2 aromatic carbocycles. The molecule has 1 amide bonds. The lowest BCUT2D eigenvalue weighted by Gasteiger charge is -2.31. The van der Waals surface area contributed by atoms with E-state index >= 15 is 0 Å². The van der Waals surface area contributed by atoms with Gasteiger partial charge in [-0.3, -0.25) is 9.78 Å². The second-order valence-corrected chi connectivity index (χ2v) is 8.68. The van der Waals surface area contributed by atoms with Crippen LogP contribution in [0.4, 0.5) is 0 Å². The summed E-state index contributed by atoms with van der Waals surface area (Å²) in [6.07, 6.45) is 5.99. The molecule has 1 saturated heterocycles. The zero-order chi connectivity index (χ0) is 20.3. The molecule has 1 N–H and O–H groups in total. The molecule has 3 unspecified atom stereocenters. The molecule has 0 radical (unpaired) electrons. The minimum atomic E-state index is 0. The van der Waals surface area contributed by atoms with Crippen LogP contribution in [0.2, 0.25) is 0 Å². The molecule has 4 nitrogen and oxygen atoms in total. The highest BCUT2D eigenvalue weighted by molar-refractivity contribution is 5.86. The summed E-state index contributed by atoms with van der Waals surface area (Å²) in [5.41, 5.74) is 2.28. The highest BCUT2D eigenvalue weighted by Crippen LogP contribution is 2.49. The van der Waals surface area contributed by atoms with Gasteiger partial charge in [0.25, 0.3) is 0 Å². The van der Waals surface area contributed by atoms with Gasteiger partial charge in [0.05, 0.1) is 12.2 Å². The summed E-state index contributed by atoms with van der Waals surface area (Å²) in [7, 11) is 0. The van der Waals surface area contributed by atoms with E-state index in [-0.39, 0.29) is 18.3 Å². The molecule has 2 heterocycles. The summed E-state index contributed by atoms with van der Waals surface area (Å²) in [5, 5.41) is 5.99. The number of aromatic nitrogens is 1. The van der Waals surface area contributed by atoms with Gasteiger partial charge in [-0.15, -0.1) is 12.4 Å². The Morgan fingerprint density at radius 3 is 2.68 bits per heavy atom. The fourth-order valence-electron chi connectivity index (χ4n) is 4.85. The highest BCUT2D eigenvalue weighted by Gasteiger charge is 2.46. The van der Waals surface area contributed by atoms with Gasteiger partial charge in [-0.05, 0) is 73.2 Å². The summed E-state index contributed by atoms with van der Waals surface area (Å²) in [5.74, 6) is 0.758. The van der Waals surface area contributed by atoms with Crippen LogP contribution >= 0.6 is 12.4 Å². The molecule has 5 heteroatoms. The number of halogens is 1. The lowest BCUT2D eigenvalue weighted by molar-refractivity contribution is -0.136. The Bertz CT molecular complexity index is 1020. The van der Waals surface area contributed by atoms with Crippen molar-refractivity contribution in [2.24, 2.45) is 5.92 Å². The van der Waals surface area contributed by atoms with Crippen molar-refractivity contribution in [1.29, 1.82) is 0 Å². The van der Waals surface area contributed by atoms with Crippen molar-refractivity contribution in [2.75, 3.05) is 13.1 Å². The number of amides is 1. The second-order valence-electron chi connectivity index (χ2n) is 8.68. The zero-order valence-electron chi connectivity index (χ0n) is 17.7. The Hall–Kier alpha value is -2.43. The van der Waals surface area contributed by atoms with Gasteiger partial charge in [0.2, 0.25) is 5.91 Å². The van der Waals surface area contributed by atoms with Crippen molar-refractivity contribution < 1.29 is 4.79 Å². The molecule has 1 aliphatic carbocycles. The van der Waals surface area contributed by atoms with Crippen molar-refractivity contribution in [3.05, 3.63) is 78.1 Å². The average Bonchev–Trinajstić information content (AvgIpc) is 3.62. The van der Waals surface area contributed by atoms with Gasteiger partial charge in [0.1, 0.15) is 0 Å². The largest absolute Gasteiger partial charge is 0.334 e. The molecule has 0 spiro atoms. The number of fused-ring (bicyclic) bond motifs is 1. The fourth-order valence-corrected chi connectivity index (χ4v) is 4.85. The Morgan fingerprint density at radius 1 is 1.00 bits per heavy atom. The van der Waals surface area contributed by atoms with Gasteiger partial charge >= 0.3 is 0 Å². The SMILES string of the molecule is Cl.O=C(C1CC1c1ccc2ccccc2c1)N(Cc1ccccn1)C1CCCNCC1. The summed E-state index contributed by atoms with van der Waals surface area (Å²) in [4.78, 5) is 20.3. The van der Waals surface area contributed by atoms with Crippen LogP contribution in [0.5, 0.6) is 0 Å². The van der Waals surface area contributed by atoms with E-state index in [1.807, 2.05) is 24.4 Å². The minimum absolute atomic E-state index is 0. The molecule has 2 fully saturated rings. The molecule has 162 valence electrons. The van der Waals surface area contributed by atoms with Crippen LogP contribution in [0.15, 0.2) is 66.9 Å². The predicted octanol–water partition coefficient (Wildman–Crippen LogP) is 4.93. The van der Waals surface area contributed by atoms with E-state index in [0.717, 1.165) is 44.5 Å². The quantitative estimate of drug-likeness (QED) is 0.618. The number of carbonyl (C=O) groups is 1. The summed E-state index contributed by atoms with van der Waals surface area (Å²) >= 11 is 0. The van der Waals surface area contributed by atoms with E-state index in [2.05, 4.69) is 57.7 Å². The van der Waals surface area contributed by atoms with Crippen LogP contribution in [0, 0.1) is 5.92 Å². The van der Waals surface area contributed by atoms with Crippen molar-refractivity contribution >= 4 is 29.1 Å². The molecule has 0 bridgehead atoms. The van der Waals surface area contributed by atoms with E-state index < -0.39 is 0 Å². The van der Waals surface area contributed by atoms with Crippen LogP contribution in [0.1, 0.15) is 42.9 Å². The Balaban J connectivity index is 0.00000231. The average molecular weight is 436 g/mol. The number of rotatable bonds is 5. The first-order valence-electron chi connectivity index (χ1n) is 11.2. The number of benzene rings is 2. The first-order chi connectivity index (χ1) is 14.8. The first-order valence-corrected chi connectivity index (χ1v) is 11.2. The van der Waals surface area contributed by atoms with Gasteiger partial charge in [0, 0.05) is 18.2 Å². The first kappa shape index (κ1) is 21.8. The lowest BCUT2D eigenvalue weighted by atomic mass is 10.0. The molecule has 5 rings (SSSR count). The second kappa shape index (κ2) is 9.80. The molecule has 31 heavy (non-hydrogen) atoms. The number of carbonyl (C=O) groups excluding carboxylic acids is 1.